The first kappa shape index (κ1) is 15.9. The van der Waals surface area contributed by atoms with Gasteiger partial charge in [-0.3, -0.25) is 4.79 Å². The summed E-state index contributed by atoms with van der Waals surface area (Å²) in [5.41, 5.74) is 8.42. The van der Waals surface area contributed by atoms with Crippen LogP contribution in [-0.2, 0) is 11.2 Å². The minimum atomic E-state index is -0.0539. The van der Waals surface area contributed by atoms with Gasteiger partial charge in [0.05, 0.1) is 12.5 Å². The molecule has 0 radical (unpaired) electrons. The third-order valence-electron chi connectivity index (χ3n) is 3.24. The minimum absolute atomic E-state index is 0.0230. The number of nitrogens with two attached hydrogens (primary N) is 1. The van der Waals surface area contributed by atoms with Crippen LogP contribution in [0.25, 0.3) is 0 Å². The van der Waals surface area contributed by atoms with Crippen molar-refractivity contribution in [2.75, 3.05) is 12.3 Å². The molecule has 2 aromatic rings. The molecule has 2 aromatic carbocycles. The number of carbonyl (C=O) groups excluding carboxylic acids is 1. The maximum absolute atomic E-state index is 12.0. The van der Waals surface area contributed by atoms with Gasteiger partial charge in [-0.15, -0.1) is 0 Å². The number of nitrogen functional groups attached to an aromatic ring is 1. The van der Waals surface area contributed by atoms with Crippen molar-refractivity contribution in [1.82, 2.24) is 5.32 Å². The molecule has 0 aliphatic heterocycles. The first-order valence-electron chi connectivity index (χ1n) is 7.36. The Morgan fingerprint density at radius 2 is 1.95 bits per heavy atom. The molecule has 2 rings (SSSR count). The lowest BCUT2D eigenvalue weighted by atomic mass is 10.1. The Bertz CT molecular complexity index is 623. The van der Waals surface area contributed by atoms with Crippen molar-refractivity contribution in [1.29, 1.82) is 0 Å². The van der Waals surface area contributed by atoms with Crippen LogP contribution in [0, 0.1) is 6.92 Å². The van der Waals surface area contributed by atoms with Gasteiger partial charge in [0.1, 0.15) is 12.4 Å². The second kappa shape index (κ2) is 7.50. The van der Waals surface area contributed by atoms with Crippen LogP contribution in [0.2, 0.25) is 0 Å². The van der Waals surface area contributed by atoms with Crippen molar-refractivity contribution in [3.05, 3.63) is 59.7 Å². The van der Waals surface area contributed by atoms with E-state index in [4.69, 9.17) is 10.5 Å². The molecule has 1 atom stereocenters. The summed E-state index contributed by atoms with van der Waals surface area (Å²) < 4.78 is 5.68. The molecule has 116 valence electrons. The fourth-order valence-corrected chi connectivity index (χ4v) is 2.11. The smallest absolute Gasteiger partial charge is 0.224 e. The number of hydrogen-bond donors (Lipinski definition) is 2. The van der Waals surface area contributed by atoms with Crippen LogP contribution in [0.4, 0.5) is 5.69 Å². The van der Waals surface area contributed by atoms with E-state index in [-0.39, 0.29) is 11.9 Å². The van der Waals surface area contributed by atoms with Crippen LogP contribution in [0.3, 0.4) is 0 Å². The molecular formula is C18H22N2O2. The lowest BCUT2D eigenvalue weighted by molar-refractivity contribution is -0.121. The minimum Gasteiger partial charge on any atom is -0.491 e. The predicted molar refractivity (Wildman–Crippen MR) is 88.8 cm³/mol. The van der Waals surface area contributed by atoms with Gasteiger partial charge in [0.2, 0.25) is 5.91 Å². The van der Waals surface area contributed by atoms with Crippen molar-refractivity contribution in [3.8, 4) is 5.75 Å². The summed E-state index contributed by atoms with van der Waals surface area (Å²) in [6.07, 6.45) is 0.342. The standard InChI is InChI=1S/C18H22N2O2/c1-13-4-3-5-17(10-13)22-12-14(2)20-18(21)11-15-6-8-16(19)9-7-15/h3-10,14H,11-12,19H2,1-2H3,(H,20,21). The van der Waals surface area contributed by atoms with Crippen molar-refractivity contribution in [3.63, 3.8) is 0 Å². The molecule has 0 aliphatic carbocycles. The number of hydrogen-bond acceptors (Lipinski definition) is 3. The fourth-order valence-electron chi connectivity index (χ4n) is 2.11. The van der Waals surface area contributed by atoms with E-state index in [2.05, 4.69) is 5.32 Å². The third-order valence-corrected chi connectivity index (χ3v) is 3.24. The highest BCUT2D eigenvalue weighted by atomic mass is 16.5. The maximum Gasteiger partial charge on any atom is 0.224 e. The average Bonchev–Trinajstić information content (AvgIpc) is 2.47. The number of ether oxygens (including phenoxy) is 1. The van der Waals surface area contributed by atoms with E-state index in [1.54, 1.807) is 12.1 Å². The van der Waals surface area contributed by atoms with Gasteiger partial charge in [0.25, 0.3) is 0 Å². The monoisotopic (exact) mass is 298 g/mol. The second-order valence-corrected chi connectivity index (χ2v) is 5.51. The van der Waals surface area contributed by atoms with Crippen molar-refractivity contribution in [2.24, 2.45) is 0 Å². The molecule has 0 bridgehead atoms. The summed E-state index contributed by atoms with van der Waals surface area (Å²) in [5.74, 6) is 0.796. The van der Waals surface area contributed by atoms with Crippen molar-refractivity contribution >= 4 is 11.6 Å². The third kappa shape index (κ3) is 5.13. The fraction of sp³-hybridized carbons (Fsp3) is 0.278. The zero-order valence-electron chi connectivity index (χ0n) is 13.0. The number of anilines is 1. The SMILES string of the molecule is Cc1cccc(OCC(C)NC(=O)Cc2ccc(N)cc2)c1. The largest absolute Gasteiger partial charge is 0.491 e. The average molecular weight is 298 g/mol. The molecule has 0 heterocycles. The Morgan fingerprint density at radius 1 is 1.23 bits per heavy atom. The normalized spacial score (nSPS) is 11.7. The zero-order chi connectivity index (χ0) is 15.9. The highest BCUT2D eigenvalue weighted by molar-refractivity contribution is 5.78. The Morgan fingerprint density at radius 3 is 2.64 bits per heavy atom. The topological polar surface area (TPSA) is 64.3 Å². The number of aryl methyl sites for hydroxylation is 1. The van der Waals surface area contributed by atoms with Gasteiger partial charge in [0.15, 0.2) is 0 Å². The molecule has 3 N–H and O–H groups in total. The van der Waals surface area contributed by atoms with Crippen molar-refractivity contribution in [2.45, 2.75) is 26.3 Å². The first-order valence-corrected chi connectivity index (χ1v) is 7.36. The maximum atomic E-state index is 12.0. The van der Waals surface area contributed by atoms with Gasteiger partial charge in [-0.25, -0.2) is 0 Å². The summed E-state index contributed by atoms with van der Waals surface area (Å²) in [6, 6.07) is 15.1. The summed E-state index contributed by atoms with van der Waals surface area (Å²) in [5, 5.41) is 2.93. The van der Waals surface area contributed by atoms with Crippen LogP contribution in [0.1, 0.15) is 18.1 Å². The highest BCUT2D eigenvalue weighted by Gasteiger charge is 2.09. The first-order chi connectivity index (χ1) is 10.5. The van der Waals surface area contributed by atoms with E-state index in [9.17, 15) is 4.79 Å². The van der Waals surface area contributed by atoms with Crippen LogP contribution in [0.5, 0.6) is 5.75 Å². The summed E-state index contributed by atoms with van der Waals surface area (Å²) in [6.45, 7) is 4.39. The molecule has 0 saturated carbocycles. The zero-order valence-corrected chi connectivity index (χ0v) is 13.0. The second-order valence-electron chi connectivity index (χ2n) is 5.51. The molecule has 4 nitrogen and oxygen atoms in total. The van der Waals surface area contributed by atoms with Gasteiger partial charge in [-0.05, 0) is 49.2 Å². The van der Waals surface area contributed by atoms with E-state index < -0.39 is 0 Å². The summed E-state index contributed by atoms with van der Waals surface area (Å²) in [4.78, 5) is 12.0. The molecule has 4 heteroatoms. The van der Waals surface area contributed by atoms with Gasteiger partial charge >= 0.3 is 0 Å². The van der Waals surface area contributed by atoms with E-state index in [0.29, 0.717) is 18.7 Å². The van der Waals surface area contributed by atoms with Gasteiger partial charge in [-0.2, -0.15) is 0 Å². The van der Waals surface area contributed by atoms with Crippen molar-refractivity contribution < 1.29 is 9.53 Å². The number of benzene rings is 2. The summed E-state index contributed by atoms with van der Waals surface area (Å²) >= 11 is 0. The Labute approximate surface area is 131 Å². The van der Waals surface area contributed by atoms with E-state index >= 15 is 0 Å². The molecule has 0 saturated heterocycles. The van der Waals surface area contributed by atoms with Crippen LogP contribution < -0.4 is 15.8 Å². The molecule has 0 aliphatic rings. The molecule has 0 aromatic heterocycles. The Kier molecular flexibility index (Phi) is 5.42. The van der Waals surface area contributed by atoms with Gasteiger partial charge in [-0.1, -0.05) is 24.3 Å². The van der Waals surface area contributed by atoms with Gasteiger partial charge < -0.3 is 15.8 Å². The lowest BCUT2D eigenvalue weighted by Gasteiger charge is -2.15. The highest BCUT2D eigenvalue weighted by Crippen LogP contribution is 2.12. The van der Waals surface area contributed by atoms with Gasteiger partial charge in [0, 0.05) is 5.69 Å². The number of carbonyl (C=O) groups is 1. The molecule has 22 heavy (non-hydrogen) atoms. The number of nitrogens with one attached hydrogen (secondary N) is 1. The van der Waals surface area contributed by atoms with Crippen LogP contribution in [0.15, 0.2) is 48.5 Å². The number of rotatable bonds is 6. The van der Waals surface area contributed by atoms with Crippen LogP contribution >= 0.6 is 0 Å². The lowest BCUT2D eigenvalue weighted by Crippen LogP contribution is -2.37. The summed E-state index contributed by atoms with van der Waals surface area (Å²) in [7, 11) is 0. The van der Waals surface area contributed by atoms with E-state index in [1.165, 1.54) is 0 Å². The van der Waals surface area contributed by atoms with Crippen LogP contribution in [-0.4, -0.2) is 18.6 Å². The predicted octanol–water partition coefficient (Wildman–Crippen LogP) is 2.70. The quantitative estimate of drug-likeness (QED) is 0.806. The molecule has 1 amide bonds. The molecule has 0 fully saturated rings. The molecule has 1 unspecified atom stereocenters. The van der Waals surface area contributed by atoms with E-state index in [1.807, 2.05) is 50.2 Å². The number of amides is 1. The molecule has 0 spiro atoms. The Hall–Kier alpha value is -2.49. The van der Waals surface area contributed by atoms with E-state index in [0.717, 1.165) is 16.9 Å². The Balaban J connectivity index is 1.77. The molecular weight excluding hydrogens is 276 g/mol.